The van der Waals surface area contributed by atoms with Crippen molar-refractivity contribution in [2.45, 2.75) is 0 Å². The van der Waals surface area contributed by atoms with E-state index in [1.807, 2.05) is 30.3 Å². The number of hydrogen-bond acceptors (Lipinski definition) is 3. The van der Waals surface area contributed by atoms with Gasteiger partial charge in [0.1, 0.15) is 5.76 Å². The number of carboxylic acids is 1. The van der Waals surface area contributed by atoms with Gasteiger partial charge in [0.15, 0.2) is 0 Å². The molecule has 0 saturated heterocycles. The third kappa shape index (κ3) is 2.07. The van der Waals surface area contributed by atoms with Crippen molar-refractivity contribution in [3.63, 3.8) is 0 Å². The largest absolute Gasteiger partial charge is 0.478 e. The van der Waals surface area contributed by atoms with Crippen LogP contribution in [-0.4, -0.2) is 17.0 Å². The van der Waals surface area contributed by atoms with Gasteiger partial charge in [0.05, 0.1) is 11.1 Å². The summed E-state index contributed by atoms with van der Waals surface area (Å²) in [5.41, 5.74) is 1.90. The Morgan fingerprint density at radius 1 is 1.05 bits per heavy atom. The van der Waals surface area contributed by atoms with E-state index in [2.05, 4.69) is 0 Å². The first-order valence-corrected chi connectivity index (χ1v) is 6.02. The highest BCUT2D eigenvalue weighted by Gasteiger charge is 2.27. The van der Waals surface area contributed by atoms with Gasteiger partial charge in [-0.3, -0.25) is 0 Å². The van der Waals surface area contributed by atoms with Gasteiger partial charge in [0.25, 0.3) is 0 Å². The molecule has 2 aromatic carbocycles. The zero-order chi connectivity index (χ0) is 14.1. The second kappa shape index (κ2) is 4.66. The number of hydrogen-bond donors (Lipinski definition) is 1. The van der Waals surface area contributed by atoms with Gasteiger partial charge >= 0.3 is 11.9 Å². The number of fused-ring (bicyclic) bond motifs is 1. The van der Waals surface area contributed by atoms with Gasteiger partial charge in [-0.25, -0.2) is 9.59 Å². The van der Waals surface area contributed by atoms with Crippen molar-refractivity contribution in [2.75, 3.05) is 0 Å². The van der Waals surface area contributed by atoms with Crippen LogP contribution in [0.25, 0.3) is 11.8 Å². The molecule has 1 N–H and O–H groups in total. The van der Waals surface area contributed by atoms with Crippen LogP contribution >= 0.6 is 0 Å². The molecule has 0 atom stereocenters. The molecule has 3 rings (SSSR count). The third-order valence-corrected chi connectivity index (χ3v) is 3.05. The number of cyclic esters (lactones) is 1. The molecule has 0 radical (unpaired) electrons. The number of carbonyl (C=O) groups is 2. The summed E-state index contributed by atoms with van der Waals surface area (Å²) < 4.78 is 5.20. The number of esters is 1. The van der Waals surface area contributed by atoms with E-state index in [-0.39, 0.29) is 5.56 Å². The van der Waals surface area contributed by atoms with Gasteiger partial charge in [-0.05, 0) is 29.8 Å². The lowest BCUT2D eigenvalue weighted by Gasteiger charge is -2.00. The first kappa shape index (κ1) is 12.2. The van der Waals surface area contributed by atoms with E-state index < -0.39 is 11.9 Å². The lowest BCUT2D eigenvalue weighted by molar-refractivity contribution is 0.0691. The summed E-state index contributed by atoms with van der Waals surface area (Å²) in [6.07, 6.45) is 1.72. The van der Waals surface area contributed by atoms with Gasteiger partial charge in [0, 0.05) is 5.56 Å². The summed E-state index contributed by atoms with van der Waals surface area (Å²) in [6.45, 7) is 0. The van der Waals surface area contributed by atoms with Crippen LogP contribution in [0.4, 0.5) is 0 Å². The third-order valence-electron chi connectivity index (χ3n) is 3.05. The van der Waals surface area contributed by atoms with E-state index in [4.69, 9.17) is 9.84 Å². The maximum Gasteiger partial charge on any atom is 0.344 e. The number of benzene rings is 2. The Kier molecular flexibility index (Phi) is 2.84. The van der Waals surface area contributed by atoms with Crippen molar-refractivity contribution >= 4 is 23.8 Å². The Morgan fingerprint density at radius 3 is 2.50 bits per heavy atom. The van der Waals surface area contributed by atoms with E-state index in [9.17, 15) is 9.59 Å². The summed E-state index contributed by atoms with van der Waals surface area (Å²) >= 11 is 0. The van der Waals surface area contributed by atoms with Gasteiger partial charge in [-0.1, -0.05) is 30.3 Å². The van der Waals surface area contributed by atoms with E-state index in [1.165, 1.54) is 18.2 Å². The Bertz CT molecular complexity index is 729. The summed E-state index contributed by atoms with van der Waals surface area (Å²) in [6, 6.07) is 13.7. The van der Waals surface area contributed by atoms with E-state index >= 15 is 0 Å². The maximum atomic E-state index is 11.7. The second-order valence-electron chi connectivity index (χ2n) is 4.37. The highest BCUT2D eigenvalue weighted by molar-refractivity contribution is 6.06. The smallest absolute Gasteiger partial charge is 0.344 e. The minimum atomic E-state index is -1.04. The first-order valence-electron chi connectivity index (χ1n) is 6.02. The van der Waals surface area contributed by atoms with Crippen molar-refractivity contribution in [3.8, 4) is 0 Å². The van der Waals surface area contributed by atoms with E-state index in [1.54, 1.807) is 6.08 Å². The van der Waals surface area contributed by atoms with Crippen LogP contribution in [0.5, 0.6) is 0 Å². The Labute approximate surface area is 114 Å². The lowest BCUT2D eigenvalue weighted by Crippen LogP contribution is -1.98. The number of rotatable bonds is 2. The Hall–Kier alpha value is -2.88. The van der Waals surface area contributed by atoms with Crippen LogP contribution in [0, 0.1) is 0 Å². The molecule has 1 aliphatic heterocycles. The fraction of sp³-hybridized carbons (Fsp3) is 0. The van der Waals surface area contributed by atoms with Crippen LogP contribution in [0.2, 0.25) is 0 Å². The second-order valence-corrected chi connectivity index (χ2v) is 4.37. The highest BCUT2D eigenvalue weighted by Crippen LogP contribution is 2.32. The molecule has 0 fully saturated rings. The van der Waals surface area contributed by atoms with Crippen LogP contribution in [0.15, 0.2) is 48.5 Å². The predicted molar refractivity (Wildman–Crippen MR) is 73.1 cm³/mol. The highest BCUT2D eigenvalue weighted by atomic mass is 16.5. The van der Waals surface area contributed by atoms with Crippen LogP contribution < -0.4 is 0 Å². The van der Waals surface area contributed by atoms with Gasteiger partial charge < -0.3 is 9.84 Å². The van der Waals surface area contributed by atoms with Crippen LogP contribution in [-0.2, 0) is 4.74 Å². The quantitative estimate of drug-likeness (QED) is 0.848. The zero-order valence-electron chi connectivity index (χ0n) is 10.4. The topological polar surface area (TPSA) is 63.6 Å². The van der Waals surface area contributed by atoms with E-state index in [0.717, 1.165) is 5.56 Å². The normalized spacial score (nSPS) is 15.0. The number of carboxylic acid groups (broad SMARTS) is 1. The Morgan fingerprint density at radius 2 is 1.80 bits per heavy atom. The molecule has 4 nitrogen and oxygen atoms in total. The van der Waals surface area contributed by atoms with Gasteiger partial charge in [-0.2, -0.15) is 0 Å². The molecule has 1 heterocycles. The molecule has 0 amide bonds. The van der Waals surface area contributed by atoms with Crippen molar-refractivity contribution in [3.05, 3.63) is 70.8 Å². The molecule has 0 aliphatic carbocycles. The minimum absolute atomic E-state index is 0.126. The fourth-order valence-corrected chi connectivity index (χ4v) is 2.08. The summed E-state index contributed by atoms with van der Waals surface area (Å²) in [5.74, 6) is -1.12. The minimum Gasteiger partial charge on any atom is -0.478 e. The first-order chi connectivity index (χ1) is 9.65. The maximum absolute atomic E-state index is 11.7. The predicted octanol–water partition coefficient (Wildman–Crippen LogP) is 3.05. The summed E-state index contributed by atoms with van der Waals surface area (Å²) in [7, 11) is 0. The Balaban J connectivity index is 2.10. The molecule has 0 aromatic heterocycles. The van der Waals surface area contributed by atoms with E-state index in [0.29, 0.717) is 16.9 Å². The molecule has 0 bridgehead atoms. The molecule has 0 unspecified atom stereocenters. The number of aromatic carboxylic acids is 1. The SMILES string of the molecule is O=C(O)c1ccc2c(c1)/C(=C/c1ccccc1)OC2=O. The summed E-state index contributed by atoms with van der Waals surface area (Å²) in [5, 5.41) is 9.01. The van der Waals surface area contributed by atoms with Crippen molar-refractivity contribution in [2.24, 2.45) is 0 Å². The molecule has 20 heavy (non-hydrogen) atoms. The van der Waals surface area contributed by atoms with Crippen LogP contribution in [0.1, 0.15) is 31.8 Å². The van der Waals surface area contributed by atoms with Crippen LogP contribution in [0.3, 0.4) is 0 Å². The molecular formula is C16H10O4. The lowest BCUT2D eigenvalue weighted by atomic mass is 10.0. The number of ether oxygens (including phenoxy) is 1. The standard InChI is InChI=1S/C16H10O4/c17-15(18)11-6-7-12-13(9-11)14(20-16(12)19)8-10-4-2-1-3-5-10/h1-9H,(H,17,18)/b14-8-. The average Bonchev–Trinajstić information content (AvgIpc) is 2.76. The number of carbonyl (C=O) groups excluding carboxylic acids is 1. The molecule has 0 spiro atoms. The molecular weight excluding hydrogens is 256 g/mol. The van der Waals surface area contributed by atoms with Crippen molar-refractivity contribution in [1.82, 2.24) is 0 Å². The monoisotopic (exact) mass is 266 g/mol. The van der Waals surface area contributed by atoms with Gasteiger partial charge in [0.2, 0.25) is 0 Å². The zero-order valence-corrected chi connectivity index (χ0v) is 10.4. The molecule has 98 valence electrons. The molecule has 1 aliphatic rings. The molecule has 2 aromatic rings. The molecule has 4 heteroatoms. The van der Waals surface area contributed by atoms with Crippen molar-refractivity contribution < 1.29 is 19.4 Å². The summed E-state index contributed by atoms with van der Waals surface area (Å²) in [4.78, 5) is 22.7. The van der Waals surface area contributed by atoms with Crippen molar-refractivity contribution in [1.29, 1.82) is 0 Å². The fourth-order valence-electron chi connectivity index (χ4n) is 2.08. The molecule has 0 saturated carbocycles. The average molecular weight is 266 g/mol. The van der Waals surface area contributed by atoms with Gasteiger partial charge in [-0.15, -0.1) is 0 Å².